The third-order valence-corrected chi connectivity index (χ3v) is 5.79. The summed E-state index contributed by atoms with van der Waals surface area (Å²) >= 11 is 1.53. The van der Waals surface area contributed by atoms with Crippen molar-refractivity contribution >= 4 is 22.7 Å². The quantitative estimate of drug-likeness (QED) is 0.322. The lowest BCUT2D eigenvalue weighted by Gasteiger charge is -2.09. The predicted molar refractivity (Wildman–Crippen MR) is 116 cm³/mol. The molecule has 0 bridgehead atoms. The second-order valence-corrected chi connectivity index (χ2v) is 7.46. The summed E-state index contributed by atoms with van der Waals surface area (Å²) in [6.07, 6.45) is 0. The monoisotopic (exact) mass is 423 g/mol. The molecule has 4 aromatic rings. The van der Waals surface area contributed by atoms with Gasteiger partial charge in [0.25, 0.3) is 0 Å². The normalized spacial score (nSPS) is 11.0. The average Bonchev–Trinajstić information content (AvgIpc) is 3.19. The molecule has 0 aliphatic carbocycles. The van der Waals surface area contributed by atoms with E-state index in [1.807, 2.05) is 36.4 Å². The van der Waals surface area contributed by atoms with Gasteiger partial charge < -0.3 is 18.5 Å². The Morgan fingerprint density at radius 2 is 1.73 bits per heavy atom. The van der Waals surface area contributed by atoms with Crippen LogP contribution in [-0.4, -0.2) is 29.0 Å². The van der Waals surface area contributed by atoms with Gasteiger partial charge >= 0.3 is 5.63 Å². The molecule has 154 valence electrons. The number of hydrogen-bond donors (Lipinski definition) is 0. The van der Waals surface area contributed by atoms with E-state index in [-0.39, 0.29) is 5.63 Å². The Bertz CT molecular complexity index is 1230. The number of aromatic nitrogens is 3. The molecule has 0 saturated carbocycles. The van der Waals surface area contributed by atoms with Crippen LogP contribution in [0.4, 0.5) is 0 Å². The van der Waals surface area contributed by atoms with Gasteiger partial charge in [0.15, 0.2) is 11.0 Å². The maximum Gasteiger partial charge on any atom is 0.336 e. The van der Waals surface area contributed by atoms with Crippen molar-refractivity contribution < 1.29 is 13.9 Å². The molecule has 8 heteroatoms. The molecule has 0 radical (unpaired) electrons. The number of nitrogens with zero attached hydrogens (tertiary/aromatic N) is 3. The highest BCUT2D eigenvalue weighted by Crippen LogP contribution is 2.30. The molecule has 4 rings (SSSR count). The molecule has 0 atom stereocenters. The lowest BCUT2D eigenvalue weighted by Crippen LogP contribution is -2.02. The molecule has 7 nitrogen and oxygen atoms in total. The summed E-state index contributed by atoms with van der Waals surface area (Å²) in [5.74, 6) is 2.80. The molecular weight excluding hydrogens is 402 g/mol. The number of rotatable bonds is 7. The fourth-order valence-electron chi connectivity index (χ4n) is 3.23. The van der Waals surface area contributed by atoms with Gasteiger partial charge in [-0.3, -0.25) is 0 Å². The minimum atomic E-state index is -0.387. The third-order valence-electron chi connectivity index (χ3n) is 4.78. The minimum Gasteiger partial charge on any atom is -0.497 e. The summed E-state index contributed by atoms with van der Waals surface area (Å²) < 4.78 is 17.8. The van der Waals surface area contributed by atoms with Gasteiger partial charge in [0, 0.05) is 35.4 Å². The van der Waals surface area contributed by atoms with E-state index < -0.39 is 0 Å². The lowest BCUT2D eigenvalue weighted by atomic mass is 10.1. The number of benzene rings is 2. The first-order valence-corrected chi connectivity index (χ1v) is 10.4. The van der Waals surface area contributed by atoms with Crippen LogP contribution in [0.3, 0.4) is 0 Å². The van der Waals surface area contributed by atoms with Crippen LogP contribution in [0.15, 0.2) is 62.9 Å². The van der Waals surface area contributed by atoms with Crippen LogP contribution in [0.5, 0.6) is 11.5 Å². The van der Waals surface area contributed by atoms with Crippen LogP contribution in [0.2, 0.25) is 0 Å². The molecule has 0 aliphatic heterocycles. The first-order chi connectivity index (χ1) is 14.6. The van der Waals surface area contributed by atoms with E-state index in [9.17, 15) is 4.79 Å². The third kappa shape index (κ3) is 3.91. The van der Waals surface area contributed by atoms with E-state index in [4.69, 9.17) is 13.9 Å². The summed E-state index contributed by atoms with van der Waals surface area (Å²) in [4.78, 5) is 12.0. The molecular formula is C22H21N3O4S. The standard InChI is InChI=1S/C22H21N3O4S/c1-4-25-21(14-5-7-16(27-2)8-6-14)23-24-22(25)30-13-15-11-20(26)29-19-12-17(28-3)9-10-18(15)19/h5-12H,4,13H2,1-3H3. The van der Waals surface area contributed by atoms with E-state index in [0.29, 0.717) is 17.1 Å². The SMILES string of the molecule is CCn1c(SCc2cc(=O)oc3cc(OC)ccc23)nnc1-c1ccc(OC)cc1. The minimum absolute atomic E-state index is 0.387. The zero-order chi connectivity index (χ0) is 21.1. The van der Waals surface area contributed by atoms with Crippen molar-refractivity contribution in [3.05, 3.63) is 64.5 Å². The Labute approximate surface area is 177 Å². The van der Waals surface area contributed by atoms with E-state index >= 15 is 0 Å². The van der Waals surface area contributed by atoms with Crippen LogP contribution >= 0.6 is 11.8 Å². The van der Waals surface area contributed by atoms with Crippen molar-refractivity contribution in [2.24, 2.45) is 0 Å². The maximum absolute atomic E-state index is 12.0. The maximum atomic E-state index is 12.0. The Morgan fingerprint density at radius 1 is 1.00 bits per heavy atom. The molecule has 0 N–H and O–H groups in total. The Hall–Kier alpha value is -3.26. The van der Waals surface area contributed by atoms with Gasteiger partial charge in [-0.25, -0.2) is 4.79 Å². The molecule has 0 fully saturated rings. The van der Waals surface area contributed by atoms with Gasteiger partial charge in [0.05, 0.1) is 14.2 Å². The predicted octanol–water partition coefficient (Wildman–Crippen LogP) is 4.38. The van der Waals surface area contributed by atoms with Gasteiger partial charge in [-0.1, -0.05) is 11.8 Å². The number of thioether (sulfide) groups is 1. The number of ether oxygens (including phenoxy) is 2. The van der Waals surface area contributed by atoms with Crippen molar-refractivity contribution in [2.75, 3.05) is 14.2 Å². The Kier molecular flexibility index (Phi) is 5.76. The Morgan fingerprint density at radius 3 is 2.43 bits per heavy atom. The molecule has 30 heavy (non-hydrogen) atoms. The highest BCUT2D eigenvalue weighted by molar-refractivity contribution is 7.98. The zero-order valence-electron chi connectivity index (χ0n) is 16.9. The van der Waals surface area contributed by atoms with Crippen LogP contribution in [0.25, 0.3) is 22.4 Å². The topological polar surface area (TPSA) is 79.4 Å². The van der Waals surface area contributed by atoms with Crippen molar-refractivity contribution in [1.29, 1.82) is 0 Å². The highest BCUT2D eigenvalue weighted by atomic mass is 32.2. The summed E-state index contributed by atoms with van der Waals surface area (Å²) in [5, 5.41) is 10.4. The first kappa shape index (κ1) is 20.0. The van der Waals surface area contributed by atoms with Crippen LogP contribution in [0, 0.1) is 0 Å². The molecule has 0 saturated heterocycles. The number of methoxy groups -OCH3 is 2. The van der Waals surface area contributed by atoms with Crippen LogP contribution in [-0.2, 0) is 12.3 Å². The van der Waals surface area contributed by atoms with E-state index in [0.717, 1.165) is 39.8 Å². The molecule has 0 amide bonds. The summed E-state index contributed by atoms with van der Waals surface area (Å²) in [7, 11) is 3.22. The average molecular weight is 423 g/mol. The van der Waals surface area contributed by atoms with Gasteiger partial charge in [-0.05, 0) is 48.9 Å². The van der Waals surface area contributed by atoms with E-state index in [1.165, 1.54) is 17.8 Å². The number of hydrogen-bond acceptors (Lipinski definition) is 7. The van der Waals surface area contributed by atoms with Gasteiger partial charge in [0.2, 0.25) is 0 Å². The molecule has 0 aliphatic rings. The fourth-order valence-corrected chi connectivity index (χ4v) is 4.23. The first-order valence-electron chi connectivity index (χ1n) is 9.44. The van der Waals surface area contributed by atoms with Gasteiger partial charge in [-0.15, -0.1) is 10.2 Å². The van der Waals surface area contributed by atoms with Crippen molar-refractivity contribution in [3.63, 3.8) is 0 Å². The lowest BCUT2D eigenvalue weighted by molar-refractivity contribution is 0.414. The van der Waals surface area contributed by atoms with Gasteiger partial charge in [0.1, 0.15) is 17.1 Å². The van der Waals surface area contributed by atoms with Crippen molar-refractivity contribution in [1.82, 2.24) is 14.8 Å². The summed E-state index contributed by atoms with van der Waals surface area (Å²) in [5.41, 5.74) is 1.97. The van der Waals surface area contributed by atoms with Gasteiger partial charge in [-0.2, -0.15) is 0 Å². The summed E-state index contributed by atoms with van der Waals surface area (Å²) in [6.45, 7) is 2.78. The zero-order valence-corrected chi connectivity index (χ0v) is 17.7. The second kappa shape index (κ2) is 8.62. The largest absolute Gasteiger partial charge is 0.497 e. The second-order valence-electron chi connectivity index (χ2n) is 6.52. The van der Waals surface area contributed by atoms with Crippen LogP contribution in [0.1, 0.15) is 12.5 Å². The molecule has 2 heterocycles. The van der Waals surface area contributed by atoms with Crippen molar-refractivity contribution in [2.45, 2.75) is 24.4 Å². The smallest absolute Gasteiger partial charge is 0.336 e. The van der Waals surface area contributed by atoms with E-state index in [1.54, 1.807) is 20.3 Å². The fraction of sp³-hybridized carbons (Fsp3) is 0.227. The van der Waals surface area contributed by atoms with Crippen molar-refractivity contribution in [3.8, 4) is 22.9 Å². The Balaban J connectivity index is 1.63. The molecule has 0 unspecified atom stereocenters. The highest BCUT2D eigenvalue weighted by Gasteiger charge is 2.15. The van der Waals surface area contributed by atoms with E-state index in [2.05, 4.69) is 21.7 Å². The molecule has 0 spiro atoms. The summed E-state index contributed by atoms with van der Waals surface area (Å²) in [6, 6.07) is 14.7. The van der Waals surface area contributed by atoms with Crippen LogP contribution < -0.4 is 15.1 Å². The molecule has 2 aromatic heterocycles. The number of fused-ring (bicyclic) bond motifs is 1. The molecule has 2 aromatic carbocycles.